The third-order valence-electron chi connectivity index (χ3n) is 5.89. The molecule has 0 bridgehead atoms. The van der Waals surface area contributed by atoms with Crippen LogP contribution in [0.1, 0.15) is 42.4 Å². The SMILES string of the molecule is O=S(=O)(Nc1ccc(F)c(C#Cc2cnc(N[C@H]3CC[C@H](O)CC3)nc2)c1F)c1cc(Cl)cc(CO)c1Cl. The predicted molar refractivity (Wildman–Crippen MR) is 139 cm³/mol. The number of benzene rings is 2. The first-order valence-corrected chi connectivity index (χ1v) is 13.7. The fourth-order valence-electron chi connectivity index (χ4n) is 3.88. The highest BCUT2D eigenvalue weighted by molar-refractivity contribution is 7.92. The van der Waals surface area contributed by atoms with E-state index >= 15 is 4.39 Å². The molecule has 2 aromatic carbocycles. The molecule has 1 fully saturated rings. The smallest absolute Gasteiger partial charge is 0.263 e. The number of anilines is 2. The Balaban J connectivity index is 1.54. The van der Waals surface area contributed by atoms with Gasteiger partial charge in [-0.05, 0) is 55.5 Å². The summed E-state index contributed by atoms with van der Waals surface area (Å²) in [5.74, 6) is 3.07. The average Bonchev–Trinajstić information content (AvgIpc) is 2.89. The largest absolute Gasteiger partial charge is 0.393 e. The van der Waals surface area contributed by atoms with E-state index in [1.54, 1.807) is 0 Å². The van der Waals surface area contributed by atoms with Crippen molar-refractivity contribution in [3.63, 3.8) is 0 Å². The van der Waals surface area contributed by atoms with Crippen molar-refractivity contribution in [3.05, 3.63) is 75.0 Å². The zero-order valence-electron chi connectivity index (χ0n) is 19.7. The summed E-state index contributed by atoms with van der Waals surface area (Å²) >= 11 is 12.0. The first kappa shape index (κ1) is 28.0. The van der Waals surface area contributed by atoms with Crippen molar-refractivity contribution in [3.8, 4) is 11.8 Å². The normalized spacial score (nSPS) is 17.4. The minimum Gasteiger partial charge on any atom is -0.393 e. The molecular formula is C25H22Cl2F2N4O4S. The van der Waals surface area contributed by atoms with Crippen molar-refractivity contribution in [2.45, 2.75) is 49.3 Å². The number of hydrogen-bond donors (Lipinski definition) is 4. The first-order chi connectivity index (χ1) is 18.1. The number of aromatic nitrogens is 2. The molecule has 0 atom stereocenters. The molecule has 1 saturated carbocycles. The number of halogens is 4. The molecule has 0 saturated heterocycles. The lowest BCUT2D eigenvalue weighted by atomic mass is 9.93. The maximum atomic E-state index is 15.1. The quantitative estimate of drug-likeness (QED) is 0.316. The van der Waals surface area contributed by atoms with Gasteiger partial charge >= 0.3 is 0 Å². The number of aliphatic hydroxyl groups excluding tert-OH is 2. The maximum Gasteiger partial charge on any atom is 0.263 e. The van der Waals surface area contributed by atoms with Crippen LogP contribution in [0.15, 0.2) is 41.6 Å². The second-order valence-electron chi connectivity index (χ2n) is 8.62. The van der Waals surface area contributed by atoms with E-state index in [-0.39, 0.29) is 33.3 Å². The lowest BCUT2D eigenvalue weighted by Gasteiger charge is -2.25. The van der Waals surface area contributed by atoms with Gasteiger partial charge < -0.3 is 15.5 Å². The Morgan fingerprint density at radius 1 is 1.05 bits per heavy atom. The van der Waals surface area contributed by atoms with Crippen LogP contribution in [0.4, 0.5) is 20.4 Å². The monoisotopic (exact) mass is 582 g/mol. The van der Waals surface area contributed by atoms with Gasteiger partial charge in [0.1, 0.15) is 10.7 Å². The summed E-state index contributed by atoms with van der Waals surface area (Å²) in [7, 11) is -4.47. The number of hydrogen-bond acceptors (Lipinski definition) is 7. The highest BCUT2D eigenvalue weighted by Crippen LogP contribution is 2.32. The third kappa shape index (κ3) is 6.51. The summed E-state index contributed by atoms with van der Waals surface area (Å²) < 4.78 is 57.4. The van der Waals surface area contributed by atoms with Crippen molar-refractivity contribution < 1.29 is 27.4 Å². The topological polar surface area (TPSA) is 124 Å². The minimum absolute atomic E-state index is 0.00839. The van der Waals surface area contributed by atoms with Crippen LogP contribution in [0.3, 0.4) is 0 Å². The lowest BCUT2D eigenvalue weighted by molar-refractivity contribution is 0.126. The van der Waals surface area contributed by atoms with Gasteiger partial charge in [-0.3, -0.25) is 4.72 Å². The van der Waals surface area contributed by atoms with Gasteiger partial charge in [0.15, 0.2) is 5.82 Å². The molecule has 1 heterocycles. The zero-order chi connectivity index (χ0) is 27.4. The van der Waals surface area contributed by atoms with E-state index in [1.807, 2.05) is 4.72 Å². The molecule has 4 N–H and O–H groups in total. The van der Waals surface area contributed by atoms with E-state index in [0.29, 0.717) is 18.8 Å². The Bertz CT molecular complexity index is 1500. The Morgan fingerprint density at radius 2 is 1.74 bits per heavy atom. The summed E-state index contributed by atoms with van der Waals surface area (Å²) in [5.41, 5.74) is -0.889. The van der Waals surface area contributed by atoms with Gasteiger partial charge in [-0.2, -0.15) is 0 Å². The van der Waals surface area contributed by atoms with Gasteiger partial charge in [0.25, 0.3) is 10.0 Å². The van der Waals surface area contributed by atoms with Gasteiger partial charge in [-0.25, -0.2) is 27.2 Å². The van der Waals surface area contributed by atoms with E-state index in [9.17, 15) is 23.0 Å². The Hall–Kier alpha value is -3.01. The molecule has 0 radical (unpaired) electrons. The Morgan fingerprint density at radius 3 is 2.39 bits per heavy atom. The molecule has 0 spiro atoms. The fourth-order valence-corrected chi connectivity index (χ4v) is 5.86. The molecule has 3 aromatic rings. The lowest BCUT2D eigenvalue weighted by Crippen LogP contribution is -2.28. The van der Waals surface area contributed by atoms with E-state index < -0.39 is 44.4 Å². The van der Waals surface area contributed by atoms with Gasteiger partial charge in [-0.15, -0.1) is 0 Å². The van der Waals surface area contributed by atoms with Crippen LogP contribution in [0, 0.1) is 23.5 Å². The van der Waals surface area contributed by atoms with Crippen molar-refractivity contribution in [2.75, 3.05) is 10.0 Å². The standard InChI is InChI=1S/C25H22Cl2F2N4O4S/c26-16-9-15(13-34)23(27)22(10-16)38(36,37)33-21-8-7-20(28)19(24(21)29)6-1-14-11-30-25(31-12-14)32-17-2-4-18(35)5-3-17/h7-12,17-18,33-35H,2-5,13H2,(H,30,31,32)/t17-,18-. The van der Waals surface area contributed by atoms with Gasteiger partial charge in [0, 0.05) is 23.5 Å². The Labute approximate surface area is 228 Å². The molecule has 38 heavy (non-hydrogen) atoms. The van der Waals surface area contributed by atoms with Crippen molar-refractivity contribution in [2.24, 2.45) is 0 Å². The van der Waals surface area contributed by atoms with Crippen molar-refractivity contribution >= 4 is 44.9 Å². The number of nitrogens with one attached hydrogen (secondary N) is 2. The molecule has 0 aliphatic heterocycles. The van der Waals surface area contributed by atoms with Crippen LogP contribution in [-0.4, -0.2) is 40.7 Å². The molecule has 8 nitrogen and oxygen atoms in total. The van der Waals surface area contributed by atoms with Crippen LogP contribution in [0.2, 0.25) is 10.0 Å². The van der Waals surface area contributed by atoms with E-state index in [1.165, 1.54) is 18.5 Å². The van der Waals surface area contributed by atoms with Crippen molar-refractivity contribution in [1.82, 2.24) is 9.97 Å². The van der Waals surface area contributed by atoms with E-state index in [2.05, 4.69) is 27.1 Å². The zero-order valence-corrected chi connectivity index (χ0v) is 22.0. The average molecular weight is 583 g/mol. The van der Waals surface area contributed by atoms with Crippen molar-refractivity contribution in [1.29, 1.82) is 0 Å². The summed E-state index contributed by atoms with van der Waals surface area (Å²) in [6.45, 7) is -0.571. The molecule has 0 amide bonds. The molecule has 1 aliphatic rings. The van der Waals surface area contributed by atoms with Crippen LogP contribution in [0.5, 0.6) is 0 Å². The van der Waals surface area contributed by atoms with Gasteiger partial charge in [-0.1, -0.05) is 35.0 Å². The molecular weight excluding hydrogens is 561 g/mol. The molecule has 1 aliphatic carbocycles. The summed E-state index contributed by atoms with van der Waals surface area (Å²) in [5, 5.41) is 21.9. The second-order valence-corrected chi connectivity index (χ2v) is 11.1. The van der Waals surface area contributed by atoms with Crippen LogP contribution in [-0.2, 0) is 16.6 Å². The molecule has 0 unspecified atom stereocenters. The Kier molecular flexibility index (Phi) is 8.70. The summed E-state index contributed by atoms with van der Waals surface area (Å²) in [6.07, 6.45) is 5.47. The van der Waals surface area contributed by atoms with E-state index in [0.717, 1.165) is 31.0 Å². The van der Waals surface area contributed by atoms with E-state index in [4.69, 9.17) is 23.2 Å². The third-order valence-corrected chi connectivity index (χ3v) is 8.05. The summed E-state index contributed by atoms with van der Waals surface area (Å²) in [4.78, 5) is 7.86. The van der Waals surface area contributed by atoms with Gasteiger partial charge in [0.2, 0.25) is 5.95 Å². The molecule has 4 rings (SSSR count). The van der Waals surface area contributed by atoms with Crippen LogP contribution < -0.4 is 10.0 Å². The number of aliphatic hydroxyl groups is 2. The minimum atomic E-state index is -4.47. The van der Waals surface area contributed by atoms with Gasteiger partial charge in [0.05, 0.1) is 34.5 Å². The summed E-state index contributed by atoms with van der Waals surface area (Å²) in [6, 6.07) is 4.26. The molecule has 1 aromatic heterocycles. The number of rotatable bonds is 6. The highest BCUT2D eigenvalue weighted by Gasteiger charge is 2.24. The van der Waals surface area contributed by atoms with Crippen LogP contribution in [0.25, 0.3) is 0 Å². The highest BCUT2D eigenvalue weighted by atomic mass is 35.5. The van der Waals surface area contributed by atoms with Crippen LogP contribution >= 0.6 is 23.2 Å². The molecule has 200 valence electrons. The number of nitrogens with zero attached hydrogens (tertiary/aromatic N) is 2. The predicted octanol–water partition coefficient (Wildman–Crippen LogP) is 4.47. The number of sulfonamides is 1. The maximum absolute atomic E-state index is 15.1. The first-order valence-electron chi connectivity index (χ1n) is 11.5. The fraction of sp³-hybridized carbons (Fsp3) is 0.280. The second kappa shape index (κ2) is 11.8. The molecule has 13 heteroatoms.